The quantitative estimate of drug-likeness (QED) is 0.859. The SMILES string of the molecule is O=C(NC(=O)c1ccccc1)OC(CCl)CCl. The molecule has 1 N–H and O–H groups in total. The summed E-state index contributed by atoms with van der Waals surface area (Å²) in [5, 5.41) is 2.08. The number of alkyl carbamates (subject to hydrolysis) is 1. The third kappa shape index (κ3) is 4.63. The fourth-order valence-electron chi connectivity index (χ4n) is 1.04. The van der Waals surface area contributed by atoms with Crippen LogP contribution in [0.4, 0.5) is 4.79 Å². The lowest BCUT2D eigenvalue weighted by molar-refractivity contribution is 0.0882. The molecule has 0 aliphatic rings. The van der Waals surface area contributed by atoms with Gasteiger partial charge in [-0.1, -0.05) is 18.2 Å². The summed E-state index contributed by atoms with van der Waals surface area (Å²) in [5.41, 5.74) is 0.373. The average Bonchev–Trinajstić information content (AvgIpc) is 2.37. The summed E-state index contributed by atoms with van der Waals surface area (Å²) in [6.07, 6.45) is -1.47. The lowest BCUT2D eigenvalue weighted by atomic mass is 10.2. The number of nitrogens with one attached hydrogen (secondary N) is 1. The lowest BCUT2D eigenvalue weighted by Crippen LogP contribution is -2.35. The molecule has 0 radical (unpaired) electrons. The Morgan fingerprint density at radius 3 is 2.29 bits per heavy atom. The molecule has 1 rings (SSSR count). The van der Waals surface area contributed by atoms with Crippen LogP contribution in [0.25, 0.3) is 0 Å². The molecule has 4 nitrogen and oxygen atoms in total. The Bertz CT molecular complexity index is 380. The number of benzene rings is 1. The number of carbonyl (C=O) groups excluding carboxylic acids is 2. The zero-order valence-electron chi connectivity index (χ0n) is 8.86. The number of hydrogen-bond acceptors (Lipinski definition) is 3. The van der Waals surface area contributed by atoms with Crippen molar-refractivity contribution < 1.29 is 14.3 Å². The summed E-state index contributed by atoms with van der Waals surface area (Å²) >= 11 is 11.0. The number of amides is 2. The fraction of sp³-hybridized carbons (Fsp3) is 0.273. The van der Waals surface area contributed by atoms with Crippen molar-refractivity contribution in [2.24, 2.45) is 0 Å². The Hall–Kier alpha value is -1.26. The molecule has 0 bridgehead atoms. The van der Waals surface area contributed by atoms with Crippen molar-refractivity contribution in [2.75, 3.05) is 11.8 Å². The average molecular weight is 276 g/mol. The van der Waals surface area contributed by atoms with E-state index < -0.39 is 18.1 Å². The molecule has 6 heteroatoms. The number of carbonyl (C=O) groups is 2. The van der Waals surface area contributed by atoms with Crippen molar-refractivity contribution in [3.8, 4) is 0 Å². The van der Waals surface area contributed by atoms with Gasteiger partial charge in [0, 0.05) is 5.56 Å². The van der Waals surface area contributed by atoms with Crippen LogP contribution in [0.15, 0.2) is 30.3 Å². The lowest BCUT2D eigenvalue weighted by Gasteiger charge is -2.12. The van der Waals surface area contributed by atoms with Gasteiger partial charge < -0.3 is 4.74 Å². The fourth-order valence-corrected chi connectivity index (χ4v) is 1.50. The van der Waals surface area contributed by atoms with E-state index in [-0.39, 0.29) is 11.8 Å². The molecular formula is C11H11Cl2NO3. The topological polar surface area (TPSA) is 55.4 Å². The van der Waals surface area contributed by atoms with E-state index in [2.05, 4.69) is 5.32 Å². The van der Waals surface area contributed by atoms with Gasteiger partial charge in [-0.05, 0) is 12.1 Å². The van der Waals surface area contributed by atoms with Gasteiger partial charge >= 0.3 is 6.09 Å². The van der Waals surface area contributed by atoms with Crippen molar-refractivity contribution >= 4 is 35.2 Å². The van der Waals surface area contributed by atoms with Crippen molar-refractivity contribution in [2.45, 2.75) is 6.10 Å². The summed E-state index contributed by atoms with van der Waals surface area (Å²) in [7, 11) is 0. The molecule has 1 aromatic carbocycles. The molecule has 0 saturated carbocycles. The van der Waals surface area contributed by atoms with E-state index in [4.69, 9.17) is 27.9 Å². The Kier molecular flexibility index (Phi) is 5.80. The van der Waals surface area contributed by atoms with Crippen LogP contribution >= 0.6 is 23.2 Å². The second kappa shape index (κ2) is 7.14. The molecule has 92 valence electrons. The molecule has 0 unspecified atom stereocenters. The van der Waals surface area contributed by atoms with Gasteiger partial charge in [0.1, 0.15) is 6.10 Å². The predicted molar refractivity (Wildman–Crippen MR) is 65.6 cm³/mol. The summed E-state index contributed by atoms with van der Waals surface area (Å²) in [5.74, 6) is -0.370. The molecule has 0 saturated heterocycles. The summed E-state index contributed by atoms with van der Waals surface area (Å²) in [4.78, 5) is 22.8. The Morgan fingerprint density at radius 2 is 1.76 bits per heavy atom. The first-order valence-electron chi connectivity index (χ1n) is 4.86. The van der Waals surface area contributed by atoms with Crippen molar-refractivity contribution in [3.63, 3.8) is 0 Å². The van der Waals surface area contributed by atoms with Crippen LogP contribution in [0, 0.1) is 0 Å². The number of ether oxygens (including phenoxy) is 1. The van der Waals surface area contributed by atoms with Gasteiger partial charge in [-0.25, -0.2) is 4.79 Å². The van der Waals surface area contributed by atoms with Crippen LogP contribution < -0.4 is 5.32 Å². The van der Waals surface area contributed by atoms with E-state index >= 15 is 0 Å². The zero-order chi connectivity index (χ0) is 12.7. The molecule has 0 fully saturated rings. The summed E-state index contributed by atoms with van der Waals surface area (Å²) in [6.45, 7) is 0. The van der Waals surface area contributed by atoms with Gasteiger partial charge in [0.25, 0.3) is 5.91 Å². The maximum Gasteiger partial charge on any atom is 0.414 e. The second-order valence-electron chi connectivity index (χ2n) is 3.16. The molecule has 0 heterocycles. The highest BCUT2D eigenvalue weighted by Gasteiger charge is 2.15. The van der Waals surface area contributed by atoms with Gasteiger partial charge in [-0.15, -0.1) is 23.2 Å². The molecule has 2 amide bonds. The van der Waals surface area contributed by atoms with Crippen molar-refractivity contribution in [1.29, 1.82) is 0 Å². The Morgan fingerprint density at radius 1 is 1.18 bits per heavy atom. The molecular weight excluding hydrogens is 265 g/mol. The first kappa shape index (κ1) is 13.8. The van der Waals surface area contributed by atoms with Crippen LogP contribution in [0.5, 0.6) is 0 Å². The molecule has 17 heavy (non-hydrogen) atoms. The van der Waals surface area contributed by atoms with E-state index in [1.165, 1.54) is 0 Å². The normalized spacial score (nSPS) is 10.1. The first-order chi connectivity index (χ1) is 8.17. The molecule has 0 aliphatic carbocycles. The van der Waals surface area contributed by atoms with Crippen LogP contribution in [-0.2, 0) is 4.74 Å². The predicted octanol–water partition coefficient (Wildman–Crippen LogP) is 2.40. The number of imide groups is 1. The first-order valence-corrected chi connectivity index (χ1v) is 5.93. The van der Waals surface area contributed by atoms with Crippen molar-refractivity contribution in [3.05, 3.63) is 35.9 Å². The monoisotopic (exact) mass is 275 g/mol. The minimum Gasteiger partial charge on any atom is -0.443 e. The largest absolute Gasteiger partial charge is 0.443 e. The van der Waals surface area contributed by atoms with Crippen LogP contribution in [0.1, 0.15) is 10.4 Å². The maximum absolute atomic E-state index is 11.5. The van der Waals surface area contributed by atoms with Gasteiger partial charge in [0.2, 0.25) is 0 Å². The van der Waals surface area contributed by atoms with Crippen LogP contribution in [0.3, 0.4) is 0 Å². The zero-order valence-corrected chi connectivity index (χ0v) is 10.4. The number of rotatable bonds is 4. The number of hydrogen-bond donors (Lipinski definition) is 1. The highest BCUT2D eigenvalue weighted by molar-refractivity contribution is 6.21. The highest BCUT2D eigenvalue weighted by Crippen LogP contribution is 2.01. The smallest absolute Gasteiger partial charge is 0.414 e. The minimum atomic E-state index is -0.856. The molecule has 0 atom stereocenters. The van der Waals surface area contributed by atoms with E-state index in [1.54, 1.807) is 30.3 Å². The van der Waals surface area contributed by atoms with Gasteiger partial charge in [-0.2, -0.15) is 0 Å². The summed E-state index contributed by atoms with van der Waals surface area (Å²) < 4.78 is 4.81. The Labute approximate surface area is 109 Å². The maximum atomic E-state index is 11.5. The van der Waals surface area contributed by atoms with Crippen LogP contribution in [0.2, 0.25) is 0 Å². The standard InChI is InChI=1S/C11H11Cl2NO3/c12-6-9(7-13)17-11(16)14-10(15)8-4-2-1-3-5-8/h1-5,9H,6-7H2,(H,14,15,16). The molecule has 0 aromatic heterocycles. The van der Waals surface area contributed by atoms with E-state index in [1.807, 2.05) is 0 Å². The third-order valence-corrected chi connectivity index (χ3v) is 2.56. The van der Waals surface area contributed by atoms with Crippen LogP contribution in [-0.4, -0.2) is 29.9 Å². The highest BCUT2D eigenvalue weighted by atomic mass is 35.5. The van der Waals surface area contributed by atoms with E-state index in [9.17, 15) is 9.59 Å². The molecule has 0 aliphatic heterocycles. The molecule has 1 aromatic rings. The number of alkyl halides is 2. The summed E-state index contributed by atoms with van der Waals surface area (Å²) in [6, 6.07) is 8.33. The Balaban J connectivity index is 2.49. The van der Waals surface area contributed by atoms with E-state index in [0.717, 1.165) is 0 Å². The third-order valence-electron chi connectivity index (χ3n) is 1.87. The van der Waals surface area contributed by atoms with E-state index in [0.29, 0.717) is 5.56 Å². The van der Waals surface area contributed by atoms with Gasteiger partial charge in [0.05, 0.1) is 11.8 Å². The van der Waals surface area contributed by atoms with Gasteiger partial charge in [-0.3, -0.25) is 10.1 Å². The minimum absolute atomic E-state index is 0.0798. The van der Waals surface area contributed by atoms with Crippen molar-refractivity contribution in [1.82, 2.24) is 5.32 Å². The van der Waals surface area contributed by atoms with Gasteiger partial charge in [0.15, 0.2) is 0 Å². The number of halogens is 2. The second-order valence-corrected chi connectivity index (χ2v) is 3.77. The molecule has 0 spiro atoms.